The van der Waals surface area contributed by atoms with Crippen LogP contribution in [0.4, 0.5) is 0 Å². The topological polar surface area (TPSA) is 66.8 Å². The van der Waals surface area contributed by atoms with Gasteiger partial charge in [0.15, 0.2) is 0 Å². The third kappa shape index (κ3) is 3.74. The highest BCUT2D eigenvalue weighted by Crippen LogP contribution is 2.24. The third-order valence-corrected chi connectivity index (χ3v) is 3.96. The summed E-state index contributed by atoms with van der Waals surface area (Å²) in [5, 5.41) is 9.31. The highest BCUT2D eigenvalue weighted by Gasteiger charge is 2.34. The van der Waals surface area contributed by atoms with Crippen molar-refractivity contribution < 1.29 is 19.4 Å². The average molecular weight is 291 g/mol. The molecule has 5 nitrogen and oxygen atoms in total. The van der Waals surface area contributed by atoms with E-state index in [4.69, 9.17) is 4.74 Å². The zero-order valence-corrected chi connectivity index (χ0v) is 12.4. The quantitative estimate of drug-likeness (QED) is 0.920. The summed E-state index contributed by atoms with van der Waals surface area (Å²) >= 11 is 0. The van der Waals surface area contributed by atoms with Crippen LogP contribution in [0.2, 0.25) is 0 Å². The molecule has 114 valence electrons. The Balaban J connectivity index is 2.09. The van der Waals surface area contributed by atoms with E-state index in [1.165, 1.54) is 4.90 Å². The van der Waals surface area contributed by atoms with Crippen LogP contribution in [0.15, 0.2) is 24.3 Å². The highest BCUT2D eigenvalue weighted by molar-refractivity contribution is 5.85. The van der Waals surface area contributed by atoms with E-state index in [2.05, 4.69) is 0 Å². The lowest BCUT2D eigenvalue weighted by atomic mass is 9.92. The number of carbonyl (C=O) groups is 2. The Morgan fingerprint density at radius 2 is 2.19 bits per heavy atom. The molecule has 1 aliphatic rings. The molecule has 5 heteroatoms. The van der Waals surface area contributed by atoms with E-state index in [1.807, 2.05) is 25.1 Å². The second-order valence-electron chi connectivity index (χ2n) is 5.60. The van der Waals surface area contributed by atoms with Gasteiger partial charge in [0.25, 0.3) is 0 Å². The third-order valence-electron chi connectivity index (χ3n) is 3.96. The predicted octanol–water partition coefficient (Wildman–Crippen LogP) is 1.95. The number of carbonyl (C=O) groups excluding carboxylic acids is 1. The van der Waals surface area contributed by atoms with E-state index >= 15 is 0 Å². The summed E-state index contributed by atoms with van der Waals surface area (Å²) in [6, 6.07) is 6.60. The number of hydrogen-bond donors (Lipinski definition) is 1. The lowest BCUT2D eigenvalue weighted by Crippen LogP contribution is -2.50. The number of benzene rings is 1. The molecular weight excluding hydrogens is 270 g/mol. The van der Waals surface area contributed by atoms with E-state index < -0.39 is 12.0 Å². The van der Waals surface area contributed by atoms with Gasteiger partial charge in [-0.05, 0) is 36.5 Å². The molecular formula is C16H21NO4. The van der Waals surface area contributed by atoms with Crippen molar-refractivity contribution in [2.24, 2.45) is 5.92 Å². The number of carboxylic acid groups (broad SMARTS) is 1. The van der Waals surface area contributed by atoms with E-state index in [9.17, 15) is 14.7 Å². The molecule has 1 aliphatic heterocycles. The number of rotatable bonds is 4. The van der Waals surface area contributed by atoms with Gasteiger partial charge in [0.1, 0.15) is 11.8 Å². The van der Waals surface area contributed by atoms with Gasteiger partial charge in [-0.25, -0.2) is 4.79 Å². The molecule has 0 saturated carbocycles. The van der Waals surface area contributed by atoms with Gasteiger partial charge in [-0.15, -0.1) is 0 Å². The predicted molar refractivity (Wildman–Crippen MR) is 78.2 cm³/mol. The fourth-order valence-electron chi connectivity index (χ4n) is 2.73. The van der Waals surface area contributed by atoms with E-state index in [0.29, 0.717) is 24.6 Å². The lowest BCUT2D eigenvalue weighted by Gasteiger charge is -2.36. The molecule has 2 atom stereocenters. The molecule has 1 amide bonds. The first-order valence-corrected chi connectivity index (χ1v) is 7.16. The SMILES string of the molecule is COc1cccc(CC(=O)N2CCC(C)CC2C(=O)O)c1. The standard InChI is InChI=1S/C16H21NO4/c1-11-6-7-17(14(8-11)16(19)20)15(18)10-12-4-3-5-13(9-12)21-2/h3-5,9,11,14H,6-8,10H2,1-2H3,(H,19,20). The minimum Gasteiger partial charge on any atom is -0.497 e. The van der Waals surface area contributed by atoms with Crippen LogP contribution in [0.3, 0.4) is 0 Å². The van der Waals surface area contributed by atoms with Crippen LogP contribution in [0.25, 0.3) is 0 Å². The molecule has 0 spiro atoms. The van der Waals surface area contributed by atoms with Crippen molar-refractivity contribution in [2.45, 2.75) is 32.2 Å². The Kier molecular flexibility index (Phi) is 4.83. The Morgan fingerprint density at radius 3 is 2.86 bits per heavy atom. The Morgan fingerprint density at radius 1 is 1.43 bits per heavy atom. The number of methoxy groups -OCH3 is 1. The molecule has 0 bridgehead atoms. The minimum absolute atomic E-state index is 0.137. The number of piperidine rings is 1. The second-order valence-corrected chi connectivity index (χ2v) is 5.60. The van der Waals surface area contributed by atoms with Crippen LogP contribution < -0.4 is 4.74 Å². The number of hydrogen-bond acceptors (Lipinski definition) is 3. The van der Waals surface area contributed by atoms with Gasteiger partial charge in [0.05, 0.1) is 13.5 Å². The summed E-state index contributed by atoms with van der Waals surface area (Å²) in [5.41, 5.74) is 0.835. The average Bonchev–Trinajstić information content (AvgIpc) is 2.47. The Bertz CT molecular complexity index is 529. The van der Waals surface area contributed by atoms with Crippen LogP contribution in [0, 0.1) is 5.92 Å². The maximum Gasteiger partial charge on any atom is 0.326 e. The van der Waals surface area contributed by atoms with Gasteiger partial charge in [0.2, 0.25) is 5.91 Å². The van der Waals surface area contributed by atoms with Crippen molar-refractivity contribution in [2.75, 3.05) is 13.7 Å². The summed E-state index contributed by atoms with van der Waals surface area (Å²) < 4.78 is 5.14. The van der Waals surface area contributed by atoms with Crippen molar-refractivity contribution in [1.82, 2.24) is 4.90 Å². The fraction of sp³-hybridized carbons (Fsp3) is 0.500. The Labute approximate surface area is 124 Å². The van der Waals surface area contributed by atoms with Gasteiger partial charge in [-0.2, -0.15) is 0 Å². The van der Waals surface area contributed by atoms with Crippen molar-refractivity contribution in [3.8, 4) is 5.75 Å². The maximum absolute atomic E-state index is 12.4. The highest BCUT2D eigenvalue weighted by atomic mass is 16.5. The van der Waals surface area contributed by atoms with Crippen molar-refractivity contribution in [3.05, 3.63) is 29.8 Å². The lowest BCUT2D eigenvalue weighted by molar-refractivity contribution is -0.152. The Hall–Kier alpha value is -2.04. The molecule has 1 aromatic carbocycles. The van der Waals surface area contributed by atoms with Crippen LogP contribution in [0.1, 0.15) is 25.3 Å². The van der Waals surface area contributed by atoms with Gasteiger partial charge in [-0.1, -0.05) is 19.1 Å². The molecule has 1 aromatic rings. The largest absolute Gasteiger partial charge is 0.497 e. The van der Waals surface area contributed by atoms with E-state index in [0.717, 1.165) is 12.0 Å². The molecule has 0 aliphatic carbocycles. The normalized spacial score (nSPS) is 21.9. The summed E-state index contributed by atoms with van der Waals surface area (Å²) in [4.78, 5) is 25.3. The number of aliphatic carboxylic acids is 1. The fourth-order valence-corrected chi connectivity index (χ4v) is 2.73. The molecule has 1 heterocycles. The summed E-state index contributed by atoms with van der Waals surface area (Å²) in [5.74, 6) is -0.0163. The summed E-state index contributed by atoms with van der Waals surface area (Å²) in [7, 11) is 1.58. The van der Waals surface area contributed by atoms with E-state index in [1.54, 1.807) is 13.2 Å². The van der Waals surface area contributed by atoms with Crippen LogP contribution in [-0.2, 0) is 16.0 Å². The number of amides is 1. The second kappa shape index (κ2) is 6.61. The van der Waals surface area contributed by atoms with Crippen LogP contribution in [-0.4, -0.2) is 41.6 Å². The van der Waals surface area contributed by atoms with Gasteiger partial charge < -0.3 is 14.7 Å². The molecule has 0 aromatic heterocycles. The first-order chi connectivity index (χ1) is 10.0. The summed E-state index contributed by atoms with van der Waals surface area (Å²) in [6.07, 6.45) is 1.59. The number of carboxylic acids is 1. The zero-order chi connectivity index (χ0) is 15.4. The molecule has 0 radical (unpaired) electrons. The first-order valence-electron chi connectivity index (χ1n) is 7.16. The first kappa shape index (κ1) is 15.4. The zero-order valence-electron chi connectivity index (χ0n) is 12.4. The monoisotopic (exact) mass is 291 g/mol. The molecule has 1 fully saturated rings. The van der Waals surface area contributed by atoms with Crippen LogP contribution in [0.5, 0.6) is 5.75 Å². The molecule has 2 unspecified atom stereocenters. The maximum atomic E-state index is 12.4. The molecule has 21 heavy (non-hydrogen) atoms. The van der Waals surface area contributed by atoms with Gasteiger partial charge in [0, 0.05) is 6.54 Å². The number of ether oxygens (including phenoxy) is 1. The molecule has 1 saturated heterocycles. The van der Waals surface area contributed by atoms with Crippen molar-refractivity contribution in [3.63, 3.8) is 0 Å². The van der Waals surface area contributed by atoms with Crippen LogP contribution >= 0.6 is 0 Å². The van der Waals surface area contributed by atoms with Crippen molar-refractivity contribution >= 4 is 11.9 Å². The van der Waals surface area contributed by atoms with Crippen molar-refractivity contribution in [1.29, 1.82) is 0 Å². The van der Waals surface area contributed by atoms with Gasteiger partial charge >= 0.3 is 5.97 Å². The summed E-state index contributed by atoms with van der Waals surface area (Å²) in [6.45, 7) is 2.54. The molecule has 2 rings (SSSR count). The molecule has 1 N–H and O–H groups in total. The smallest absolute Gasteiger partial charge is 0.326 e. The number of nitrogens with zero attached hydrogens (tertiary/aromatic N) is 1. The number of likely N-dealkylation sites (tertiary alicyclic amines) is 1. The van der Waals surface area contributed by atoms with E-state index in [-0.39, 0.29) is 12.3 Å². The van der Waals surface area contributed by atoms with Gasteiger partial charge in [-0.3, -0.25) is 4.79 Å². The minimum atomic E-state index is -0.916.